The van der Waals surface area contributed by atoms with E-state index in [0.717, 1.165) is 21.5 Å². The molecule has 0 spiro atoms. The van der Waals surface area contributed by atoms with Gasteiger partial charge in [0.15, 0.2) is 0 Å². The fraction of sp³-hybridized carbons (Fsp3) is 0.143. The van der Waals surface area contributed by atoms with E-state index < -0.39 is 0 Å². The Balaban J connectivity index is 1.84. The van der Waals surface area contributed by atoms with Crippen molar-refractivity contribution in [2.75, 3.05) is 12.4 Å². The third kappa shape index (κ3) is 2.37. The molecule has 0 radical (unpaired) electrons. The highest BCUT2D eigenvalue weighted by molar-refractivity contribution is 7.13. The Bertz CT molecular complexity index is 742. The number of anilines is 1. The number of phenolic OH excluding ortho intramolecular Hbond substituents is 1. The van der Waals surface area contributed by atoms with Crippen LogP contribution in [0.4, 0.5) is 5.69 Å². The van der Waals surface area contributed by atoms with Gasteiger partial charge in [0, 0.05) is 12.1 Å². The van der Waals surface area contributed by atoms with Crippen LogP contribution in [0, 0.1) is 0 Å². The summed E-state index contributed by atoms with van der Waals surface area (Å²) < 4.78 is 10.1. The molecule has 0 aliphatic heterocycles. The Hall–Kier alpha value is -2.34. The number of methoxy groups -OCH3 is 1. The summed E-state index contributed by atoms with van der Waals surface area (Å²) in [7, 11) is 1.60. The SMILES string of the molecule is COc1ccc(O)c(CNc2cccc3snnc23)c1. The van der Waals surface area contributed by atoms with Gasteiger partial charge in [0.2, 0.25) is 0 Å². The smallest absolute Gasteiger partial charge is 0.129 e. The maximum absolute atomic E-state index is 9.86. The van der Waals surface area contributed by atoms with Crippen molar-refractivity contribution in [3.63, 3.8) is 0 Å². The summed E-state index contributed by atoms with van der Waals surface area (Å²) in [5, 5.41) is 17.2. The van der Waals surface area contributed by atoms with Crippen molar-refractivity contribution >= 4 is 27.4 Å². The van der Waals surface area contributed by atoms with Crippen molar-refractivity contribution in [3.8, 4) is 11.5 Å². The maximum Gasteiger partial charge on any atom is 0.129 e. The normalized spacial score (nSPS) is 10.7. The van der Waals surface area contributed by atoms with Gasteiger partial charge in [-0.1, -0.05) is 10.6 Å². The minimum Gasteiger partial charge on any atom is -0.508 e. The van der Waals surface area contributed by atoms with Crippen LogP contribution in [0.15, 0.2) is 36.4 Å². The van der Waals surface area contributed by atoms with Gasteiger partial charge >= 0.3 is 0 Å². The van der Waals surface area contributed by atoms with E-state index in [2.05, 4.69) is 14.9 Å². The summed E-state index contributed by atoms with van der Waals surface area (Å²) in [6.45, 7) is 0.486. The van der Waals surface area contributed by atoms with Gasteiger partial charge < -0.3 is 15.2 Å². The zero-order chi connectivity index (χ0) is 13.9. The monoisotopic (exact) mass is 287 g/mol. The number of hydrogen-bond acceptors (Lipinski definition) is 6. The molecule has 0 atom stereocenters. The summed E-state index contributed by atoms with van der Waals surface area (Å²) in [4.78, 5) is 0. The molecule has 2 N–H and O–H groups in total. The Morgan fingerprint density at radius 1 is 1.30 bits per heavy atom. The molecule has 0 unspecified atom stereocenters. The Morgan fingerprint density at radius 2 is 2.20 bits per heavy atom. The fourth-order valence-electron chi connectivity index (χ4n) is 1.97. The zero-order valence-corrected chi connectivity index (χ0v) is 11.6. The van der Waals surface area contributed by atoms with Crippen molar-refractivity contribution in [3.05, 3.63) is 42.0 Å². The predicted octanol–water partition coefficient (Wildman–Crippen LogP) is 3.02. The number of phenols is 1. The van der Waals surface area contributed by atoms with Gasteiger partial charge in [0.25, 0.3) is 0 Å². The molecule has 6 heteroatoms. The van der Waals surface area contributed by atoms with Crippen molar-refractivity contribution in [2.45, 2.75) is 6.54 Å². The van der Waals surface area contributed by atoms with Crippen LogP contribution in [-0.4, -0.2) is 21.8 Å². The predicted molar refractivity (Wildman–Crippen MR) is 79.4 cm³/mol. The van der Waals surface area contributed by atoms with E-state index in [-0.39, 0.29) is 5.75 Å². The first kappa shape index (κ1) is 12.7. The Kier molecular flexibility index (Phi) is 3.39. The quantitative estimate of drug-likeness (QED) is 0.772. The van der Waals surface area contributed by atoms with E-state index in [9.17, 15) is 5.11 Å². The first-order valence-electron chi connectivity index (χ1n) is 6.09. The van der Waals surface area contributed by atoms with Gasteiger partial charge in [-0.15, -0.1) is 5.10 Å². The molecule has 102 valence electrons. The number of rotatable bonds is 4. The van der Waals surface area contributed by atoms with Crippen LogP contribution in [0.1, 0.15) is 5.56 Å². The van der Waals surface area contributed by atoms with Gasteiger partial charge in [0.1, 0.15) is 17.0 Å². The molecule has 1 heterocycles. The third-order valence-corrected chi connectivity index (χ3v) is 3.72. The molecular weight excluding hydrogens is 274 g/mol. The highest BCUT2D eigenvalue weighted by Gasteiger charge is 2.07. The number of nitrogens with one attached hydrogen (secondary N) is 1. The number of benzene rings is 2. The van der Waals surface area contributed by atoms with Gasteiger partial charge in [-0.2, -0.15) is 0 Å². The van der Waals surface area contributed by atoms with E-state index in [1.165, 1.54) is 11.5 Å². The van der Waals surface area contributed by atoms with E-state index in [0.29, 0.717) is 12.3 Å². The lowest BCUT2D eigenvalue weighted by atomic mass is 10.2. The second-order valence-corrected chi connectivity index (χ2v) is 5.06. The first-order valence-corrected chi connectivity index (χ1v) is 6.86. The molecule has 2 aromatic carbocycles. The molecule has 0 saturated heterocycles. The lowest BCUT2D eigenvalue weighted by Crippen LogP contribution is -2.00. The van der Waals surface area contributed by atoms with E-state index in [1.54, 1.807) is 19.2 Å². The van der Waals surface area contributed by atoms with Crippen LogP contribution in [0.3, 0.4) is 0 Å². The first-order chi connectivity index (χ1) is 9.78. The third-order valence-electron chi connectivity index (χ3n) is 3.03. The molecule has 3 aromatic rings. The molecule has 0 amide bonds. The van der Waals surface area contributed by atoms with Crippen molar-refractivity contribution in [1.29, 1.82) is 0 Å². The second kappa shape index (κ2) is 5.34. The minimum absolute atomic E-state index is 0.238. The van der Waals surface area contributed by atoms with E-state index in [1.807, 2.05) is 24.3 Å². The molecule has 0 bridgehead atoms. The van der Waals surface area contributed by atoms with Gasteiger partial charge in [-0.05, 0) is 41.9 Å². The largest absolute Gasteiger partial charge is 0.508 e. The van der Waals surface area contributed by atoms with Gasteiger partial charge in [-0.3, -0.25) is 0 Å². The fourth-order valence-corrected chi connectivity index (χ4v) is 2.56. The molecule has 0 aliphatic carbocycles. The Morgan fingerprint density at radius 3 is 3.05 bits per heavy atom. The second-order valence-electron chi connectivity index (χ2n) is 4.27. The molecular formula is C14H13N3O2S. The van der Waals surface area contributed by atoms with Crippen molar-refractivity contribution in [1.82, 2.24) is 9.59 Å². The summed E-state index contributed by atoms with van der Waals surface area (Å²) in [5.74, 6) is 0.954. The molecule has 5 nitrogen and oxygen atoms in total. The number of hydrogen-bond donors (Lipinski definition) is 2. The highest BCUT2D eigenvalue weighted by Crippen LogP contribution is 2.27. The lowest BCUT2D eigenvalue weighted by molar-refractivity contribution is 0.411. The van der Waals surface area contributed by atoms with Gasteiger partial charge in [-0.25, -0.2) is 0 Å². The molecule has 0 fully saturated rings. The van der Waals surface area contributed by atoms with Crippen LogP contribution in [0.5, 0.6) is 11.5 Å². The minimum atomic E-state index is 0.238. The topological polar surface area (TPSA) is 67.3 Å². The molecule has 3 rings (SSSR count). The van der Waals surface area contributed by atoms with Crippen LogP contribution >= 0.6 is 11.5 Å². The number of aromatic hydroxyl groups is 1. The summed E-state index contributed by atoms with van der Waals surface area (Å²) in [5.41, 5.74) is 2.52. The van der Waals surface area contributed by atoms with E-state index in [4.69, 9.17) is 4.74 Å². The zero-order valence-electron chi connectivity index (χ0n) is 10.8. The number of fused-ring (bicyclic) bond motifs is 1. The molecule has 1 aromatic heterocycles. The van der Waals surface area contributed by atoms with Gasteiger partial charge in [0.05, 0.1) is 17.5 Å². The summed E-state index contributed by atoms with van der Waals surface area (Å²) in [6.07, 6.45) is 0. The van der Waals surface area contributed by atoms with Crippen LogP contribution < -0.4 is 10.1 Å². The molecule has 0 saturated carbocycles. The summed E-state index contributed by atoms with van der Waals surface area (Å²) >= 11 is 1.36. The average molecular weight is 287 g/mol. The number of aromatic nitrogens is 2. The van der Waals surface area contributed by atoms with Crippen LogP contribution in [-0.2, 0) is 6.54 Å². The van der Waals surface area contributed by atoms with Crippen LogP contribution in [0.2, 0.25) is 0 Å². The lowest BCUT2D eigenvalue weighted by Gasteiger charge is -2.10. The highest BCUT2D eigenvalue weighted by atomic mass is 32.1. The summed E-state index contributed by atoms with van der Waals surface area (Å²) in [6, 6.07) is 11.0. The standard InChI is InChI=1S/C14H13N3O2S/c1-19-10-5-6-12(18)9(7-10)8-15-11-3-2-4-13-14(11)16-17-20-13/h2-7,15,18H,8H2,1H3. The van der Waals surface area contributed by atoms with Crippen molar-refractivity contribution < 1.29 is 9.84 Å². The molecule has 20 heavy (non-hydrogen) atoms. The maximum atomic E-state index is 9.86. The average Bonchev–Trinajstić information content (AvgIpc) is 2.95. The van der Waals surface area contributed by atoms with E-state index >= 15 is 0 Å². The number of nitrogens with zero attached hydrogens (tertiary/aromatic N) is 2. The van der Waals surface area contributed by atoms with Crippen molar-refractivity contribution in [2.24, 2.45) is 0 Å². The number of ether oxygens (including phenoxy) is 1. The molecule has 0 aliphatic rings. The van der Waals surface area contributed by atoms with Crippen LogP contribution in [0.25, 0.3) is 10.2 Å². The Labute approximate surface area is 120 Å².